The Morgan fingerprint density at radius 1 is 1.20 bits per heavy atom. The van der Waals surface area contributed by atoms with Crippen molar-refractivity contribution in [1.29, 1.82) is 0 Å². The van der Waals surface area contributed by atoms with Crippen LogP contribution in [0.3, 0.4) is 0 Å². The van der Waals surface area contributed by atoms with Gasteiger partial charge in [0.1, 0.15) is 11.5 Å². The van der Waals surface area contributed by atoms with E-state index < -0.39 is 23.8 Å². The molecule has 46 heavy (non-hydrogen) atoms. The number of carbonyl (C=O) groups excluding carboxylic acids is 1. The molecule has 1 saturated carbocycles. The molecule has 0 saturated heterocycles. The molecule has 0 spiro atoms. The number of amides is 1. The second kappa shape index (κ2) is 15.7. The van der Waals surface area contributed by atoms with Crippen molar-refractivity contribution < 1.29 is 22.4 Å². The first kappa shape index (κ1) is 36.0. The van der Waals surface area contributed by atoms with E-state index in [2.05, 4.69) is 56.6 Å². The Hall–Kier alpha value is -4.46. The number of hydrogen-bond acceptors (Lipinski definition) is 3. The first-order chi connectivity index (χ1) is 21.5. The fourth-order valence-electron chi connectivity index (χ4n) is 5.59. The van der Waals surface area contributed by atoms with Gasteiger partial charge in [-0.15, -0.1) is 11.5 Å². The average molecular weight is 896 g/mol. The van der Waals surface area contributed by atoms with Crippen LogP contribution in [0.4, 0.5) is 17.6 Å². The van der Waals surface area contributed by atoms with Gasteiger partial charge in [0.2, 0.25) is 12.8 Å². The third kappa shape index (κ3) is 8.62. The maximum absolute atomic E-state index is 15.0. The predicted molar refractivity (Wildman–Crippen MR) is 174 cm³/mol. The Balaban J connectivity index is 0.000000250. The first-order valence-electron chi connectivity index (χ1n) is 15.2. The predicted octanol–water partition coefficient (Wildman–Crippen LogP) is 8.44. The van der Waals surface area contributed by atoms with E-state index in [0.29, 0.717) is 48.5 Å². The van der Waals surface area contributed by atoms with Crippen LogP contribution in [-0.4, -0.2) is 42.3 Å². The van der Waals surface area contributed by atoms with Crippen LogP contribution in [0.1, 0.15) is 73.8 Å². The standard InChI is InChI=1S/C20H19BClF2N2O.C11H10N.C4H8F2.Md/c1-11-8-21-18-13(11)7-17(14(9-25-10-27)20(24)4-5-20)26-19(18)12-2-3-16(23)15(22)6-12;1-8-6-9(2)11-10(7-8)4-3-5-12-11;1-2-3-4(5)6;/h2-3,6-7,10-11,14H,4-5,8-9H2,1H3,(H,25,27);4-7H,1-2H3;4H,2-3H2,1H3;/q;-1;;. The third-order valence-corrected chi connectivity index (χ3v) is 8.40. The van der Waals surface area contributed by atoms with Gasteiger partial charge in [0.25, 0.3) is 0 Å². The van der Waals surface area contributed by atoms with Gasteiger partial charge in [0.05, 0.1) is 16.6 Å². The number of aromatic nitrogens is 2. The van der Waals surface area contributed by atoms with Crippen LogP contribution in [0, 0.1) is 25.7 Å². The number of halogens is 5. The molecule has 2 unspecified atom stereocenters. The first-order valence-corrected chi connectivity index (χ1v) is 15.6. The normalized spacial score (nSPS) is 16.1. The van der Waals surface area contributed by atoms with Crippen molar-refractivity contribution in [1.82, 2.24) is 15.3 Å². The zero-order valence-corrected chi connectivity index (χ0v) is 29.3. The zero-order chi connectivity index (χ0) is 32.7. The van der Waals surface area contributed by atoms with Crippen LogP contribution in [-0.2, 0) is 4.79 Å². The van der Waals surface area contributed by atoms with E-state index in [0.717, 1.165) is 22.9 Å². The molecular formula is C35H37BClF4MdN3O-. The van der Waals surface area contributed by atoms with Gasteiger partial charge < -0.3 is 5.32 Å². The van der Waals surface area contributed by atoms with E-state index >= 15 is 0 Å². The van der Waals surface area contributed by atoms with Crippen LogP contribution >= 0.6 is 11.6 Å². The number of hydrogen-bond donors (Lipinski definition) is 1. The molecule has 1 aliphatic carbocycles. The van der Waals surface area contributed by atoms with Crippen molar-refractivity contribution in [3.8, 4) is 11.3 Å². The quantitative estimate of drug-likeness (QED) is 0.0837. The molecule has 1 aliphatic heterocycles. The van der Waals surface area contributed by atoms with Crippen molar-refractivity contribution in [2.75, 3.05) is 6.54 Å². The summed E-state index contributed by atoms with van der Waals surface area (Å²) in [5.41, 5.74) is 6.39. The van der Waals surface area contributed by atoms with Crippen molar-refractivity contribution >= 4 is 41.7 Å². The second-order valence-electron chi connectivity index (χ2n) is 11.8. The molecule has 1 fully saturated rings. The molecule has 1 amide bonds. The minimum absolute atomic E-state index is 0. The largest absolute Gasteiger partial charge is 0.358 e. The van der Waals surface area contributed by atoms with Gasteiger partial charge in [-0.05, 0) is 73.5 Å². The maximum Gasteiger partial charge on any atom is 0.238 e. The molecule has 4 aromatic rings. The molecule has 6 rings (SSSR count). The van der Waals surface area contributed by atoms with Crippen LogP contribution < -0.4 is 10.8 Å². The minimum Gasteiger partial charge on any atom is -0.358 e. The van der Waals surface area contributed by atoms with Crippen LogP contribution in [0.5, 0.6) is 0 Å². The number of aryl methyl sites for hydroxylation is 2. The van der Waals surface area contributed by atoms with E-state index in [1.54, 1.807) is 25.3 Å². The van der Waals surface area contributed by atoms with Crippen LogP contribution in [0.2, 0.25) is 11.3 Å². The average Bonchev–Trinajstić information content (AvgIpc) is 3.64. The summed E-state index contributed by atoms with van der Waals surface area (Å²) >= 11 is 5.97. The van der Waals surface area contributed by atoms with Gasteiger partial charge >= 0.3 is 0 Å². The SMILES string of the molecule is CC1C[B]c2c1cc(C(CNC=O)C1(F)CC1)nc2-c1ccc(F)c(Cl)c1.CCCC(F)F.Cc1cc(C)c2nc[c-]cc2c1.[Md]. The van der Waals surface area contributed by atoms with Crippen molar-refractivity contribution in [3.05, 3.63) is 88.0 Å². The van der Waals surface area contributed by atoms with Gasteiger partial charge in [-0.1, -0.05) is 61.5 Å². The number of rotatable bonds is 8. The van der Waals surface area contributed by atoms with E-state index in [-0.39, 0.29) is 18.0 Å². The number of fused-ring (bicyclic) bond motifs is 2. The molecule has 2 aromatic carbocycles. The van der Waals surface area contributed by atoms with E-state index in [4.69, 9.17) is 16.6 Å². The molecule has 0 bridgehead atoms. The summed E-state index contributed by atoms with van der Waals surface area (Å²) in [7, 11) is 2.12. The van der Waals surface area contributed by atoms with E-state index in [9.17, 15) is 22.4 Å². The Kier molecular flexibility index (Phi) is 12.3. The number of nitrogens with one attached hydrogen (secondary N) is 1. The summed E-state index contributed by atoms with van der Waals surface area (Å²) < 4.78 is 50.7. The zero-order valence-electron chi connectivity index (χ0n) is 26.2. The molecule has 1 N–H and O–H groups in total. The molecule has 2 atom stereocenters. The Morgan fingerprint density at radius 3 is 2.54 bits per heavy atom. The van der Waals surface area contributed by atoms with E-state index in [1.165, 1.54) is 22.6 Å². The topological polar surface area (TPSA) is 54.9 Å². The van der Waals surface area contributed by atoms with Crippen molar-refractivity contribution in [2.24, 2.45) is 0 Å². The fraction of sp³-hybridized carbons (Fsp3) is 0.400. The van der Waals surface area contributed by atoms with Gasteiger partial charge in [-0.25, -0.2) is 29.7 Å². The number of alkyl halides is 3. The van der Waals surface area contributed by atoms with Gasteiger partial charge in [0.15, 0.2) is 7.28 Å². The molecule has 4 nitrogen and oxygen atoms in total. The Labute approximate surface area is 268 Å². The van der Waals surface area contributed by atoms with Crippen LogP contribution in [0.15, 0.2) is 48.7 Å². The Morgan fingerprint density at radius 2 is 1.93 bits per heavy atom. The summed E-state index contributed by atoms with van der Waals surface area (Å²) in [6.45, 7) is 8.25. The molecular weight excluding hydrogens is 859 g/mol. The number of pyridine rings is 2. The van der Waals surface area contributed by atoms with Crippen LogP contribution in [0.25, 0.3) is 22.2 Å². The molecule has 11 heteroatoms. The van der Waals surface area contributed by atoms with Gasteiger partial charge in [-0.3, -0.25) is 14.8 Å². The molecule has 3 heterocycles. The fourth-order valence-corrected chi connectivity index (χ4v) is 5.77. The third-order valence-electron chi connectivity index (χ3n) is 8.11. The van der Waals surface area contributed by atoms with Gasteiger partial charge in [0, 0.05) is 24.2 Å². The maximum atomic E-state index is 15.0. The number of benzene rings is 2. The van der Waals surface area contributed by atoms with E-state index in [1.807, 2.05) is 12.1 Å². The minimum atomic E-state index is -2.10. The smallest absolute Gasteiger partial charge is 0.238 e. The van der Waals surface area contributed by atoms with Gasteiger partial charge in [-0.2, -0.15) is 0 Å². The summed E-state index contributed by atoms with van der Waals surface area (Å²) in [5, 5.41) is 3.82. The summed E-state index contributed by atoms with van der Waals surface area (Å²) in [4.78, 5) is 19.8. The summed E-state index contributed by atoms with van der Waals surface area (Å²) in [5.74, 6) is -0.694. The number of carbonyl (C=O) groups is 1. The monoisotopic (exact) mass is 895 g/mol. The summed E-state index contributed by atoms with van der Waals surface area (Å²) in [6.07, 6.45) is 2.63. The molecule has 250 valence electrons. The second-order valence-corrected chi connectivity index (χ2v) is 12.2. The van der Waals surface area contributed by atoms with Crippen molar-refractivity contribution in [2.45, 2.75) is 83.6 Å². The van der Waals surface area contributed by atoms with Crippen molar-refractivity contribution in [3.63, 3.8) is 0 Å². The number of nitrogens with zero attached hydrogens (tertiary/aromatic N) is 2. The Bertz CT molecular complexity index is 1640. The molecule has 2 aromatic heterocycles. The molecule has 2 radical (unpaired) electrons. The molecule has 2 aliphatic rings. The summed E-state index contributed by atoms with van der Waals surface area (Å²) in [6, 6.07) is 15.7.